The predicted octanol–water partition coefficient (Wildman–Crippen LogP) is 1.11. The van der Waals surface area contributed by atoms with Crippen LogP contribution in [0.5, 0.6) is 0 Å². The first-order chi connectivity index (χ1) is 10.3. The van der Waals surface area contributed by atoms with Gasteiger partial charge in [-0.2, -0.15) is 0 Å². The number of thiazole rings is 1. The first-order valence-corrected chi connectivity index (χ1v) is 8.29. The number of amides is 2. The summed E-state index contributed by atoms with van der Waals surface area (Å²) >= 11 is 1.48. The highest BCUT2D eigenvalue weighted by atomic mass is 32.1. The largest absolute Gasteiger partial charge is 0.395 e. The second kappa shape index (κ2) is 6.75. The third-order valence-corrected chi connectivity index (χ3v) is 4.54. The average molecular weight is 325 g/mol. The molecule has 1 N–H and O–H groups in total. The molecule has 0 unspecified atom stereocenters. The Labute approximate surface area is 134 Å². The Bertz CT molecular complexity index is 525. The molecule has 22 heavy (non-hydrogen) atoms. The van der Waals surface area contributed by atoms with Gasteiger partial charge in [-0.3, -0.25) is 9.59 Å². The van der Waals surface area contributed by atoms with Crippen LogP contribution in [0.4, 0.5) is 0 Å². The Kier molecular flexibility index (Phi) is 5.18. The van der Waals surface area contributed by atoms with E-state index in [2.05, 4.69) is 4.98 Å². The van der Waals surface area contributed by atoms with Crippen molar-refractivity contribution in [3.63, 3.8) is 0 Å². The van der Waals surface area contributed by atoms with Crippen LogP contribution >= 0.6 is 11.3 Å². The maximum Gasteiger partial charge on any atom is 0.228 e. The molecule has 0 radical (unpaired) electrons. The van der Waals surface area contributed by atoms with Gasteiger partial charge in [0.25, 0.3) is 0 Å². The molecule has 0 aromatic carbocycles. The quantitative estimate of drug-likeness (QED) is 0.880. The fourth-order valence-corrected chi connectivity index (χ4v) is 3.29. The highest BCUT2D eigenvalue weighted by Crippen LogP contribution is 2.27. The van der Waals surface area contributed by atoms with Gasteiger partial charge in [0.1, 0.15) is 5.01 Å². The molecule has 2 rings (SSSR count). The molecule has 1 fully saturated rings. The summed E-state index contributed by atoms with van der Waals surface area (Å²) in [4.78, 5) is 32.4. The molecule has 1 aromatic rings. The van der Waals surface area contributed by atoms with Gasteiger partial charge in [-0.05, 0) is 20.8 Å². The van der Waals surface area contributed by atoms with Crippen molar-refractivity contribution in [2.75, 3.05) is 19.7 Å². The van der Waals surface area contributed by atoms with Gasteiger partial charge in [0.05, 0.1) is 19.1 Å². The lowest BCUT2D eigenvalue weighted by Crippen LogP contribution is -2.44. The minimum atomic E-state index is -0.335. The second-order valence-corrected chi connectivity index (χ2v) is 7.46. The van der Waals surface area contributed by atoms with Crippen molar-refractivity contribution in [3.8, 4) is 0 Å². The van der Waals surface area contributed by atoms with Crippen molar-refractivity contribution in [1.29, 1.82) is 0 Å². The molecule has 1 atom stereocenters. The minimum Gasteiger partial charge on any atom is -0.395 e. The molecule has 122 valence electrons. The molecule has 1 aliphatic heterocycles. The van der Waals surface area contributed by atoms with Crippen LogP contribution in [-0.4, -0.2) is 56.9 Å². The summed E-state index contributed by atoms with van der Waals surface area (Å²) in [6.45, 7) is 6.91. The second-order valence-electron chi connectivity index (χ2n) is 6.49. The van der Waals surface area contributed by atoms with E-state index in [1.54, 1.807) is 16.0 Å². The number of likely N-dealkylation sites (tertiary alicyclic amines) is 1. The monoisotopic (exact) mass is 325 g/mol. The van der Waals surface area contributed by atoms with Crippen molar-refractivity contribution >= 4 is 23.2 Å². The van der Waals surface area contributed by atoms with Crippen LogP contribution in [0.15, 0.2) is 11.6 Å². The van der Waals surface area contributed by atoms with Gasteiger partial charge in [0, 0.05) is 36.6 Å². The van der Waals surface area contributed by atoms with Gasteiger partial charge >= 0.3 is 0 Å². The zero-order chi connectivity index (χ0) is 16.3. The summed E-state index contributed by atoms with van der Waals surface area (Å²) < 4.78 is 0. The van der Waals surface area contributed by atoms with E-state index < -0.39 is 0 Å². The summed E-state index contributed by atoms with van der Waals surface area (Å²) in [6.07, 6.45) is 1.94. The molecule has 0 saturated carbocycles. The molecule has 0 aliphatic carbocycles. The lowest BCUT2D eigenvalue weighted by atomic mass is 10.1. The summed E-state index contributed by atoms with van der Waals surface area (Å²) in [5, 5.41) is 11.9. The highest BCUT2D eigenvalue weighted by Gasteiger charge is 2.40. The fourth-order valence-electron chi connectivity index (χ4n) is 2.66. The van der Waals surface area contributed by atoms with Crippen LogP contribution in [0, 0.1) is 5.92 Å². The first kappa shape index (κ1) is 16.9. The van der Waals surface area contributed by atoms with Gasteiger partial charge in [0.15, 0.2) is 0 Å². The maximum absolute atomic E-state index is 12.7. The summed E-state index contributed by atoms with van der Waals surface area (Å²) in [7, 11) is 0. The predicted molar refractivity (Wildman–Crippen MR) is 84.2 cm³/mol. The molecule has 1 aliphatic rings. The Morgan fingerprint density at radius 1 is 1.55 bits per heavy atom. The van der Waals surface area contributed by atoms with Crippen LogP contribution in [0.2, 0.25) is 0 Å². The summed E-state index contributed by atoms with van der Waals surface area (Å²) in [6, 6.07) is 0. The first-order valence-electron chi connectivity index (χ1n) is 7.41. The van der Waals surface area contributed by atoms with Gasteiger partial charge in [-0.1, -0.05) is 0 Å². The lowest BCUT2D eigenvalue weighted by Gasteiger charge is -2.32. The normalized spacial score (nSPS) is 18.8. The van der Waals surface area contributed by atoms with E-state index in [4.69, 9.17) is 0 Å². The van der Waals surface area contributed by atoms with Crippen LogP contribution in [0.1, 0.15) is 32.2 Å². The minimum absolute atomic E-state index is 0.0176. The van der Waals surface area contributed by atoms with Crippen molar-refractivity contribution in [2.45, 2.75) is 39.3 Å². The lowest BCUT2D eigenvalue weighted by molar-refractivity contribution is -0.137. The van der Waals surface area contributed by atoms with Gasteiger partial charge in [0.2, 0.25) is 11.8 Å². The van der Waals surface area contributed by atoms with Crippen LogP contribution in [0.25, 0.3) is 0 Å². The van der Waals surface area contributed by atoms with Crippen LogP contribution in [0.3, 0.4) is 0 Å². The molecule has 0 bridgehead atoms. The third kappa shape index (κ3) is 3.84. The van der Waals surface area contributed by atoms with Gasteiger partial charge in [-0.15, -0.1) is 11.3 Å². The van der Waals surface area contributed by atoms with Crippen molar-refractivity contribution in [3.05, 3.63) is 16.6 Å². The zero-order valence-corrected chi connectivity index (χ0v) is 14.1. The number of carbonyl (C=O) groups excluding carboxylic acids is 2. The molecule has 2 heterocycles. The Morgan fingerprint density at radius 3 is 2.77 bits per heavy atom. The number of carbonyl (C=O) groups is 2. The topological polar surface area (TPSA) is 73.7 Å². The smallest absolute Gasteiger partial charge is 0.228 e. The van der Waals surface area contributed by atoms with E-state index in [-0.39, 0.29) is 42.8 Å². The molecule has 6 nitrogen and oxygen atoms in total. The number of hydrogen-bond acceptors (Lipinski definition) is 5. The van der Waals surface area contributed by atoms with E-state index in [1.165, 1.54) is 11.3 Å². The Hall–Kier alpha value is -1.47. The molecular formula is C15H23N3O3S. The SMILES string of the molecule is CC(C)(C)N1C[C@@H](C(=O)N(CCO)Cc2nccs2)CC1=O. The number of aliphatic hydroxyl groups is 1. The van der Waals surface area contributed by atoms with Crippen molar-refractivity contribution < 1.29 is 14.7 Å². The molecule has 7 heteroatoms. The van der Waals surface area contributed by atoms with E-state index >= 15 is 0 Å². The van der Waals surface area contributed by atoms with E-state index in [1.807, 2.05) is 26.2 Å². The molecular weight excluding hydrogens is 302 g/mol. The molecule has 0 spiro atoms. The maximum atomic E-state index is 12.7. The zero-order valence-electron chi connectivity index (χ0n) is 13.3. The van der Waals surface area contributed by atoms with Crippen LogP contribution in [-0.2, 0) is 16.1 Å². The van der Waals surface area contributed by atoms with Gasteiger partial charge < -0.3 is 14.9 Å². The number of aromatic nitrogens is 1. The molecule has 1 aromatic heterocycles. The number of aliphatic hydroxyl groups excluding tert-OH is 1. The Morgan fingerprint density at radius 2 is 2.27 bits per heavy atom. The van der Waals surface area contributed by atoms with Crippen molar-refractivity contribution in [2.24, 2.45) is 5.92 Å². The molecule has 2 amide bonds. The average Bonchev–Trinajstić information content (AvgIpc) is 3.06. The fraction of sp³-hybridized carbons (Fsp3) is 0.667. The van der Waals surface area contributed by atoms with E-state index in [9.17, 15) is 14.7 Å². The van der Waals surface area contributed by atoms with Gasteiger partial charge in [-0.25, -0.2) is 4.98 Å². The standard InChI is InChI=1S/C15H23N3O3S/c1-15(2,3)18-9-11(8-13(18)20)14(21)17(5-6-19)10-12-16-4-7-22-12/h4,7,11,19H,5-6,8-10H2,1-3H3/t11-/m0/s1. The number of hydrogen-bond donors (Lipinski definition) is 1. The Balaban J connectivity index is 2.06. The van der Waals surface area contributed by atoms with Crippen molar-refractivity contribution in [1.82, 2.24) is 14.8 Å². The summed E-state index contributed by atoms with van der Waals surface area (Å²) in [5.74, 6) is -0.397. The summed E-state index contributed by atoms with van der Waals surface area (Å²) in [5.41, 5.74) is -0.275. The number of rotatable bonds is 5. The van der Waals surface area contributed by atoms with Crippen LogP contribution < -0.4 is 0 Å². The third-order valence-electron chi connectivity index (χ3n) is 3.78. The number of nitrogens with zero attached hydrogens (tertiary/aromatic N) is 3. The van der Waals surface area contributed by atoms with E-state index in [0.717, 1.165) is 5.01 Å². The van der Waals surface area contributed by atoms with E-state index in [0.29, 0.717) is 13.1 Å². The molecule has 1 saturated heterocycles. The highest BCUT2D eigenvalue weighted by molar-refractivity contribution is 7.09.